The van der Waals surface area contributed by atoms with E-state index in [4.69, 9.17) is 39.9 Å². The molecule has 22 nitrogen and oxygen atoms in total. The minimum Gasteiger partial charge on any atom is -0.748 e. The molecule has 3 N–H and O–H groups in total. The van der Waals surface area contributed by atoms with Crippen molar-refractivity contribution in [2.75, 3.05) is 35.7 Å². The van der Waals surface area contributed by atoms with E-state index >= 15 is 0 Å². The molecule has 1 radical (unpaired) electrons. The molecule has 2 aliphatic heterocycles. The summed E-state index contributed by atoms with van der Waals surface area (Å²) < 4.78 is 90.6. The molecule has 2 aromatic carbocycles. The second kappa shape index (κ2) is 34.4. The van der Waals surface area contributed by atoms with E-state index < -0.39 is 40.9 Å². The minimum atomic E-state index is -4.67. The molecule has 0 spiro atoms. The van der Waals surface area contributed by atoms with Crippen molar-refractivity contribution in [3.05, 3.63) is 88.3 Å². The summed E-state index contributed by atoms with van der Waals surface area (Å²) in [6.45, 7) is 8.33. The van der Waals surface area contributed by atoms with Gasteiger partial charge in [-0.3, -0.25) is 0 Å². The monoisotopic (exact) mass is 1280 g/mol. The van der Waals surface area contributed by atoms with Crippen LogP contribution in [-0.4, -0.2) is 104 Å². The van der Waals surface area contributed by atoms with E-state index in [0.717, 1.165) is 141 Å². The molecular formula is C56H76CuN14Na2O8S3. The number of fused-ring (bicyclic) bond motifs is 19. The average Bonchev–Trinajstić information content (AvgIpc) is 3.81. The smallest absolute Gasteiger partial charge is 0.748 e. The summed E-state index contributed by atoms with van der Waals surface area (Å²) >= 11 is 0. The first-order valence-electron chi connectivity index (χ1n) is 26.7. The van der Waals surface area contributed by atoms with Crippen molar-refractivity contribution in [3.63, 3.8) is 0 Å². The van der Waals surface area contributed by atoms with Gasteiger partial charge >= 0.3 is 76.2 Å². The largest absolute Gasteiger partial charge is 2.00 e. The number of anilines is 3. The van der Waals surface area contributed by atoms with Gasteiger partial charge < -0.3 is 49.6 Å². The zero-order chi connectivity index (χ0) is 55.6. The van der Waals surface area contributed by atoms with Crippen LogP contribution in [0.1, 0.15) is 160 Å². The molecule has 84 heavy (non-hydrogen) atoms. The number of nitrogens with one attached hydrogen (secondary N) is 3. The third-order valence-corrected chi connectivity index (χ3v) is 15.6. The van der Waals surface area contributed by atoms with Crippen LogP contribution in [0.3, 0.4) is 0 Å². The van der Waals surface area contributed by atoms with Gasteiger partial charge in [-0.15, -0.1) is 0 Å². The maximum Gasteiger partial charge on any atom is 2.00 e. The van der Waals surface area contributed by atoms with E-state index in [1.165, 1.54) is 45.5 Å². The fraction of sp³-hybridized carbons (Fsp3) is 0.482. The Morgan fingerprint density at radius 3 is 1.44 bits per heavy atom. The molecule has 0 saturated heterocycles. The molecular weight excluding hydrogens is 1200 g/mol. The summed E-state index contributed by atoms with van der Waals surface area (Å²) in [5.74, 6) is 2.75. The summed E-state index contributed by atoms with van der Waals surface area (Å²) in [7, 11) is -12.3. The molecule has 0 atom stereocenters. The van der Waals surface area contributed by atoms with Crippen LogP contribution in [0.25, 0.3) is 56.5 Å². The summed E-state index contributed by atoms with van der Waals surface area (Å²) in [5.41, 5.74) is 12.5. The Kier molecular flexibility index (Phi) is 31.1. The first-order valence-corrected chi connectivity index (χ1v) is 31.6. The fourth-order valence-electron chi connectivity index (χ4n) is 9.76. The van der Waals surface area contributed by atoms with Crippen molar-refractivity contribution in [2.45, 2.75) is 158 Å². The van der Waals surface area contributed by atoms with E-state index in [0.29, 0.717) is 36.7 Å². The Balaban J connectivity index is 0.000000514. The first-order chi connectivity index (χ1) is 37.5. The number of hydrogen-bond donors (Lipinski definition) is 3. The predicted octanol–water partition coefficient (Wildman–Crippen LogP) is 3.43. The summed E-state index contributed by atoms with van der Waals surface area (Å²) in [4.78, 5) is 52.7. The Morgan fingerprint density at radius 2 is 0.976 bits per heavy atom. The van der Waals surface area contributed by atoms with Crippen molar-refractivity contribution < 1.29 is 111 Å². The van der Waals surface area contributed by atoms with Crippen LogP contribution >= 0.6 is 0 Å². The molecule has 0 saturated carbocycles. The van der Waals surface area contributed by atoms with E-state index in [-0.39, 0.29) is 136 Å². The number of benzene rings is 2. The number of allylic oxidation sites excluding steroid dienone is 2. The van der Waals surface area contributed by atoms with Crippen LogP contribution < -0.4 is 84.4 Å². The molecule has 3 aliphatic carbocycles. The van der Waals surface area contributed by atoms with Crippen LogP contribution in [0.4, 0.5) is 17.6 Å². The van der Waals surface area contributed by atoms with Gasteiger partial charge in [-0.05, 0) is 148 Å². The van der Waals surface area contributed by atoms with Gasteiger partial charge in [-0.25, -0.2) is 39.9 Å². The van der Waals surface area contributed by atoms with Crippen molar-refractivity contribution in [1.29, 1.82) is 0 Å². The topological polar surface area (TPSA) is 329 Å². The Labute approximate surface area is 550 Å². The zero-order valence-electron chi connectivity index (χ0n) is 46.8. The molecule has 4 aromatic heterocycles. The molecule has 0 amide bonds. The second-order valence-electron chi connectivity index (χ2n) is 18.7. The third kappa shape index (κ3) is 19.7. The predicted molar refractivity (Wildman–Crippen MR) is 317 cm³/mol. The van der Waals surface area contributed by atoms with Gasteiger partial charge in [-0.2, -0.15) is 15.0 Å². The summed E-state index contributed by atoms with van der Waals surface area (Å²) in [6, 6.07) is 13.4. The van der Waals surface area contributed by atoms with Crippen LogP contribution in [-0.2, 0) is 79.4 Å². The Hall–Kier alpha value is -4.12. The zero-order valence-corrected chi connectivity index (χ0v) is 54.2. The van der Waals surface area contributed by atoms with Crippen molar-refractivity contribution >= 4 is 81.6 Å². The van der Waals surface area contributed by atoms with Gasteiger partial charge in [-0.1, -0.05) is 80.3 Å². The van der Waals surface area contributed by atoms with Crippen molar-refractivity contribution in [2.24, 2.45) is 0 Å². The number of nitrogens with zero attached hydrogens (tertiary/aromatic N) is 11. The van der Waals surface area contributed by atoms with E-state index in [9.17, 15) is 34.4 Å². The molecule has 5 aliphatic rings. The normalized spacial score (nSPS) is 13.6. The van der Waals surface area contributed by atoms with Gasteiger partial charge in [0.2, 0.25) is 21.9 Å². The Morgan fingerprint density at radius 1 is 0.524 bits per heavy atom. The molecule has 28 heteroatoms. The van der Waals surface area contributed by atoms with Gasteiger partial charge in [0.1, 0.15) is 15.9 Å². The number of aryl methyl sites for hydroxylation is 5. The molecule has 6 aromatic rings. The molecule has 11 rings (SSSR count). The van der Waals surface area contributed by atoms with Crippen LogP contribution in [0.5, 0.6) is 0 Å². The molecule has 0 fully saturated rings. The maximum atomic E-state index is 11.3. The molecule has 0 unspecified atom stereocenters. The molecule has 449 valence electrons. The number of rotatable bonds is 14. The minimum absolute atomic E-state index is 0. The first kappa shape index (κ1) is 76.0. The molecule has 8 bridgehead atoms. The fourth-order valence-corrected chi connectivity index (χ4v) is 11.3. The van der Waals surface area contributed by atoms with E-state index in [1.54, 1.807) is 0 Å². The van der Waals surface area contributed by atoms with Crippen LogP contribution in [0.2, 0.25) is 0 Å². The quantitative estimate of drug-likeness (QED) is 0.0797. The van der Waals surface area contributed by atoms with E-state index in [1.807, 2.05) is 39.8 Å². The second-order valence-corrected chi connectivity index (χ2v) is 23.4. The van der Waals surface area contributed by atoms with Gasteiger partial charge in [0.15, 0.2) is 0 Å². The number of hydrogen-bond acceptors (Lipinski definition) is 19. The standard InChI is InChI=1S/C32H28N8.C17H26N6O8S3.2C2H6.3CH4.Cu.2Na/c1-2-10-18-17(9-1)25-33-26(18)38-28-21-13-5-6-14-22(21)30(35-28)40-32-24-16-8-7-15-23(24)31(36-32)39-29-20-12-4-3-11-19(20)27(34-29)37-25;1-32(24,25)19-10-3-2-8-15-21-16(18-9-5-11-33(26,27)28)23-17(22-15)20-13-6-4-7-14(12-13)34(29,30)31;2*1-2;;;;;;/h1-2,9-10H,3-8,11-16H2;4,6-7,12,19H,2-3,5,8-11H2,1H3,(H,26,27,28)(H,29,30,31)(H2,18,20,21,22,23);2*1-2H3;3*1H4;;;/q-2;;;;;;;+2;2*+1/p-2. The van der Waals surface area contributed by atoms with Gasteiger partial charge in [0, 0.05) is 64.7 Å². The Bertz CT molecular complexity index is 3610. The van der Waals surface area contributed by atoms with E-state index in [2.05, 4.69) is 42.4 Å². The summed E-state index contributed by atoms with van der Waals surface area (Å²) in [5, 5.41) is 5.59. The summed E-state index contributed by atoms with van der Waals surface area (Å²) in [6.07, 6.45) is 15.2. The van der Waals surface area contributed by atoms with Crippen molar-refractivity contribution in [1.82, 2.24) is 59.5 Å². The third-order valence-electron chi connectivity index (χ3n) is 13.2. The van der Waals surface area contributed by atoms with Crippen LogP contribution in [0.15, 0.2) is 53.4 Å². The SMILES string of the molecule is C.C.C.CC.CC.CS(=O)(=O)NCCCCc1nc(NCCCS(=O)(=O)[O-])nc(Nc2cccc(S(=O)(=O)[O-])c2)n1.[Cu+2].[Na+].[Na+].c1ccc2c(c1)-c1nc-2nc2[n-]c(nc3nc(nc4[n-]c(n1)c1c4CCCC1)C1=C3CCCC1)c1c2CCCC1. The maximum absolute atomic E-state index is 11.3. The number of aromatic nitrogens is 11. The van der Waals surface area contributed by atoms with Gasteiger partial charge in [0.25, 0.3) is 0 Å². The average molecular weight is 1280 g/mol. The number of sulfonamides is 1. The van der Waals surface area contributed by atoms with Crippen molar-refractivity contribution in [3.8, 4) is 22.8 Å². The number of unbranched alkanes of at least 4 members (excludes halogenated alkanes) is 1. The van der Waals surface area contributed by atoms with Crippen LogP contribution in [0, 0.1) is 0 Å². The van der Waals surface area contributed by atoms with Gasteiger partial charge in [0.05, 0.1) is 44.6 Å². The molecule has 6 heterocycles.